The number of methoxy groups -OCH3 is 3. The zero-order chi connectivity index (χ0) is 54.9. The van der Waals surface area contributed by atoms with E-state index < -0.39 is 32.3 Å². The summed E-state index contributed by atoms with van der Waals surface area (Å²) in [6, 6.07) is 20.2. The Labute approximate surface area is 455 Å². The Morgan fingerprint density at radius 2 is 1.68 bits per heavy atom. The van der Waals surface area contributed by atoms with E-state index in [4.69, 9.17) is 25.4 Å². The number of carbonyl (C=O) groups is 1. The normalized spacial score (nSPS) is 21.4. The lowest BCUT2D eigenvalue weighted by Crippen LogP contribution is -2.59. The van der Waals surface area contributed by atoms with Crippen LogP contribution in [0.25, 0.3) is 5.83 Å². The molecule has 2 aliphatic heterocycles. The molecule has 20 heteroatoms. The predicted octanol–water partition coefficient (Wildman–Crippen LogP) is 8.25. The highest BCUT2D eigenvalue weighted by Gasteiger charge is 2.50. The van der Waals surface area contributed by atoms with Crippen LogP contribution in [0.15, 0.2) is 83.9 Å². The Balaban J connectivity index is 0.851. The van der Waals surface area contributed by atoms with Gasteiger partial charge in [-0.25, -0.2) is 27.5 Å². The van der Waals surface area contributed by atoms with E-state index in [-0.39, 0.29) is 63.8 Å². The van der Waals surface area contributed by atoms with Crippen molar-refractivity contribution in [3.63, 3.8) is 0 Å². The number of piperidine rings is 1. The summed E-state index contributed by atoms with van der Waals surface area (Å²) in [5.41, 5.74) is 3.81. The second-order valence-electron chi connectivity index (χ2n) is 21.7. The lowest BCUT2D eigenvalue weighted by atomic mass is 9.59. The molecule has 10 rings (SSSR count). The van der Waals surface area contributed by atoms with Gasteiger partial charge >= 0.3 is 0 Å². The summed E-state index contributed by atoms with van der Waals surface area (Å²) in [7, 11) is 1.24. The van der Waals surface area contributed by atoms with Crippen molar-refractivity contribution in [2.75, 3.05) is 82.9 Å². The van der Waals surface area contributed by atoms with E-state index in [1.54, 1.807) is 26.4 Å². The number of carbonyl (C=O) groups excluding carboxylic acids is 1. The van der Waals surface area contributed by atoms with Gasteiger partial charge in [0.05, 0.1) is 43.9 Å². The van der Waals surface area contributed by atoms with Crippen LogP contribution >= 0.6 is 0 Å². The molecule has 5 heterocycles. The first kappa shape index (κ1) is 54.3. The number of piperazine rings is 1. The Hall–Kier alpha value is -7.02. The van der Waals surface area contributed by atoms with Gasteiger partial charge in [0.1, 0.15) is 22.3 Å². The van der Waals surface area contributed by atoms with Crippen LogP contribution < -0.4 is 38.9 Å². The maximum atomic E-state index is 15.0. The molecule has 0 bridgehead atoms. The van der Waals surface area contributed by atoms with E-state index >= 15 is 4.39 Å². The van der Waals surface area contributed by atoms with E-state index in [1.165, 1.54) is 38.4 Å². The molecule has 3 aromatic heterocycles. The Morgan fingerprint density at radius 1 is 0.949 bits per heavy atom. The van der Waals surface area contributed by atoms with E-state index in [9.17, 15) is 23.5 Å². The van der Waals surface area contributed by atoms with Gasteiger partial charge < -0.3 is 44.5 Å². The van der Waals surface area contributed by atoms with Crippen molar-refractivity contribution in [2.24, 2.45) is 11.3 Å². The number of fused-ring (bicyclic) bond motifs is 1. The van der Waals surface area contributed by atoms with Gasteiger partial charge in [0.25, 0.3) is 21.8 Å². The number of halogens is 1. The minimum absolute atomic E-state index is 0.00634. The van der Waals surface area contributed by atoms with Gasteiger partial charge in [-0.2, -0.15) is 4.98 Å². The van der Waals surface area contributed by atoms with E-state index in [0.717, 1.165) is 99.8 Å². The van der Waals surface area contributed by atoms with E-state index in [1.807, 2.05) is 31.2 Å². The average Bonchev–Trinajstić information content (AvgIpc) is 3.84. The number of hydrogen-bond donors (Lipinski definition) is 3. The number of hydroxylamine groups is 1. The number of aromatic nitrogens is 3. The number of anilines is 3. The number of ether oxygens (including phenoxy) is 4. The van der Waals surface area contributed by atoms with Gasteiger partial charge in [0.2, 0.25) is 11.8 Å². The minimum atomic E-state index is -4.61. The summed E-state index contributed by atoms with van der Waals surface area (Å²) >= 11 is 0. The van der Waals surface area contributed by atoms with Crippen molar-refractivity contribution in [1.82, 2.24) is 29.5 Å². The maximum Gasteiger partial charge on any atom is 0.268 e. The Kier molecular flexibility index (Phi) is 15.6. The molecule has 5 aromatic rings. The van der Waals surface area contributed by atoms with Crippen LogP contribution in [0.3, 0.4) is 0 Å². The fourth-order valence-electron chi connectivity index (χ4n) is 12.0. The van der Waals surface area contributed by atoms with Crippen LogP contribution in [0.4, 0.5) is 21.6 Å². The van der Waals surface area contributed by atoms with Crippen molar-refractivity contribution in [3.05, 3.63) is 118 Å². The van der Waals surface area contributed by atoms with Gasteiger partial charge in [0.15, 0.2) is 5.75 Å². The van der Waals surface area contributed by atoms with Crippen molar-refractivity contribution < 1.29 is 41.7 Å². The number of sulfonamides is 1. The first-order chi connectivity index (χ1) is 37.5. The first-order valence-electron chi connectivity index (χ1n) is 26.5. The Morgan fingerprint density at radius 3 is 2.37 bits per heavy atom. The molecule has 3 aliphatic carbocycles. The van der Waals surface area contributed by atoms with Crippen molar-refractivity contribution in [1.29, 1.82) is 0 Å². The SMILES string of the molecule is C#Cc1ccccc1[C@@H]1CN(Cc2cc(OC)nc(OC)c2)CCN1C1CC2(CCN(c3ccc(C(=O)NS(=O)(=O)c4cnc(NCC5CCC(C)(O)CC5)c(N(C)[O-])c4)c(Oc4cc5c(nc4OC)CC=C5F)c3)CC2)C1. The van der Waals surface area contributed by atoms with Crippen LogP contribution in [-0.2, 0) is 23.0 Å². The molecule has 3 N–H and O–H groups in total. The van der Waals surface area contributed by atoms with Crippen LogP contribution in [0.2, 0.25) is 0 Å². The molecule has 2 aromatic carbocycles. The van der Waals surface area contributed by atoms with Crippen molar-refractivity contribution in [2.45, 2.75) is 93.8 Å². The number of nitrogens with zero attached hydrogens (tertiary/aromatic N) is 7. The van der Waals surface area contributed by atoms with E-state index in [2.05, 4.69) is 57.7 Å². The molecular formula is C58H67FN9O9S-. The van der Waals surface area contributed by atoms with Crippen LogP contribution in [0.5, 0.6) is 29.1 Å². The molecule has 0 unspecified atom stereocenters. The number of amides is 1. The molecule has 1 amide bonds. The lowest BCUT2D eigenvalue weighted by molar-refractivity contribution is -0.0626. The lowest BCUT2D eigenvalue weighted by Gasteiger charge is -2.58. The highest BCUT2D eigenvalue weighted by atomic mass is 32.2. The van der Waals surface area contributed by atoms with Gasteiger partial charge in [-0.05, 0) is 124 Å². The van der Waals surface area contributed by atoms with Gasteiger partial charge in [-0.15, -0.1) is 6.42 Å². The number of terminal acetylenes is 1. The summed E-state index contributed by atoms with van der Waals surface area (Å²) in [6.07, 6.45) is 15.7. The van der Waals surface area contributed by atoms with Gasteiger partial charge in [-0.3, -0.25) is 14.6 Å². The Bertz CT molecular complexity index is 3210. The summed E-state index contributed by atoms with van der Waals surface area (Å²) < 4.78 is 68.1. The number of allylic oxidation sites excluding steroid dienone is 1. The number of pyridine rings is 3. The standard InChI is InChI=1S/C58H67FN9O9S/c1-7-39-10-8-9-11-43(39)49-36-66(35-38-26-52(74-4)63-53(27-38)75-5)24-25-68(49)41-31-58(32-41)20-22-67(23-21-58)40-12-13-44(50(28-40)77-51-30-45-46(59)14-15-47(45)62-56(51)76-6)55(69)64-78(72,73)42-29-48(65(3)71)54(61-34-42)60-33-37-16-18-57(2,70)19-17-37/h1,8-14,26-30,34,37,41,49,70H,15-25,31-33,35-36H2,2-6H3,(H,60,61)(H,64,69)/q-1/t37?,49-,57?/m0/s1. The van der Waals surface area contributed by atoms with Crippen LogP contribution in [0, 0.1) is 28.9 Å². The molecule has 18 nitrogen and oxygen atoms in total. The third kappa shape index (κ3) is 11.6. The molecule has 2 saturated carbocycles. The number of benzene rings is 2. The molecule has 4 fully saturated rings. The quantitative estimate of drug-likeness (QED) is 0.0592. The summed E-state index contributed by atoms with van der Waals surface area (Å²) in [6.45, 7) is 6.99. The monoisotopic (exact) mass is 1080 g/mol. The fraction of sp³-hybridized carbons (Fsp3) is 0.448. The molecular weight excluding hydrogens is 1020 g/mol. The molecule has 78 heavy (non-hydrogen) atoms. The van der Waals surface area contributed by atoms with Gasteiger partial charge in [0, 0.05) is 106 Å². The smallest absolute Gasteiger partial charge is 0.268 e. The number of rotatable bonds is 17. The van der Waals surface area contributed by atoms with Crippen LogP contribution in [-0.4, -0.2) is 123 Å². The number of nitrogens with one attached hydrogen (secondary N) is 2. The highest BCUT2D eigenvalue weighted by molar-refractivity contribution is 7.90. The third-order valence-electron chi connectivity index (χ3n) is 16.5. The molecule has 1 atom stereocenters. The zero-order valence-corrected chi connectivity index (χ0v) is 45.6. The molecule has 412 valence electrons. The minimum Gasteiger partial charge on any atom is -0.758 e. The van der Waals surface area contributed by atoms with Gasteiger partial charge in [-0.1, -0.05) is 24.1 Å². The van der Waals surface area contributed by atoms with Crippen molar-refractivity contribution in [3.8, 4) is 41.5 Å². The maximum absolute atomic E-state index is 15.0. The number of hydrogen-bond acceptors (Lipinski definition) is 17. The first-order valence-corrected chi connectivity index (χ1v) is 28.0. The summed E-state index contributed by atoms with van der Waals surface area (Å²) in [5, 5.41) is 26.9. The molecule has 2 saturated heterocycles. The second-order valence-corrected chi connectivity index (χ2v) is 23.3. The summed E-state index contributed by atoms with van der Waals surface area (Å²) in [5.74, 6) is 2.99. The molecule has 1 spiro atoms. The second kappa shape index (κ2) is 22.4. The van der Waals surface area contributed by atoms with Crippen molar-refractivity contribution >= 4 is 38.9 Å². The fourth-order valence-corrected chi connectivity index (χ4v) is 12.9. The zero-order valence-electron chi connectivity index (χ0n) is 44.8. The third-order valence-corrected chi connectivity index (χ3v) is 17.8. The van der Waals surface area contributed by atoms with E-state index in [0.29, 0.717) is 54.5 Å². The number of aliphatic hydroxyl groups is 1. The average molecular weight is 1090 g/mol. The predicted molar refractivity (Wildman–Crippen MR) is 295 cm³/mol. The largest absolute Gasteiger partial charge is 0.758 e. The molecule has 5 aliphatic rings. The summed E-state index contributed by atoms with van der Waals surface area (Å²) in [4.78, 5) is 34.4. The topological polar surface area (TPSA) is 207 Å². The van der Waals surface area contributed by atoms with Crippen LogP contribution in [0.1, 0.15) is 103 Å². The highest BCUT2D eigenvalue weighted by Crippen LogP contribution is 2.53. The molecule has 0 radical (unpaired) electrons.